The highest BCUT2D eigenvalue weighted by Gasteiger charge is 2.33. The minimum Gasteiger partial charge on any atom is -0.381 e. The number of para-hydroxylation sites is 1. The molecule has 1 aliphatic heterocycles. The SMILES string of the molecule is CCn1cc(S(=O)(=O)N2CCC(Nc3ccccc3)C2)cn1. The number of aromatic nitrogens is 2. The molecule has 3 rings (SSSR count). The van der Waals surface area contributed by atoms with E-state index >= 15 is 0 Å². The monoisotopic (exact) mass is 320 g/mol. The molecule has 0 bridgehead atoms. The van der Waals surface area contributed by atoms with Gasteiger partial charge in [-0.05, 0) is 25.5 Å². The third-order valence-electron chi connectivity index (χ3n) is 3.87. The first-order valence-electron chi connectivity index (χ1n) is 7.44. The molecule has 0 radical (unpaired) electrons. The van der Waals surface area contributed by atoms with E-state index < -0.39 is 10.0 Å². The maximum atomic E-state index is 12.6. The molecule has 1 unspecified atom stereocenters. The molecule has 1 saturated heterocycles. The highest BCUT2D eigenvalue weighted by atomic mass is 32.2. The van der Waals surface area contributed by atoms with Crippen molar-refractivity contribution in [3.63, 3.8) is 0 Å². The average Bonchev–Trinajstić information content (AvgIpc) is 3.17. The predicted molar refractivity (Wildman–Crippen MR) is 85.1 cm³/mol. The van der Waals surface area contributed by atoms with Gasteiger partial charge in [-0.15, -0.1) is 0 Å². The van der Waals surface area contributed by atoms with E-state index in [1.165, 1.54) is 10.5 Å². The normalized spacial score (nSPS) is 19.4. The molecular formula is C15H20N4O2S. The molecule has 0 saturated carbocycles. The molecule has 2 aromatic rings. The molecule has 1 N–H and O–H groups in total. The van der Waals surface area contributed by atoms with E-state index in [0.29, 0.717) is 19.6 Å². The van der Waals surface area contributed by atoms with Crippen LogP contribution in [0.3, 0.4) is 0 Å². The number of nitrogens with zero attached hydrogens (tertiary/aromatic N) is 3. The highest BCUT2D eigenvalue weighted by Crippen LogP contribution is 2.22. The van der Waals surface area contributed by atoms with Gasteiger partial charge in [0.1, 0.15) is 4.90 Å². The highest BCUT2D eigenvalue weighted by molar-refractivity contribution is 7.89. The summed E-state index contributed by atoms with van der Waals surface area (Å²) in [6.07, 6.45) is 3.82. The van der Waals surface area contributed by atoms with Crippen molar-refractivity contribution in [2.24, 2.45) is 0 Å². The van der Waals surface area contributed by atoms with Crippen LogP contribution in [0.4, 0.5) is 5.69 Å². The van der Waals surface area contributed by atoms with Crippen LogP contribution in [0.5, 0.6) is 0 Å². The molecule has 1 atom stereocenters. The zero-order valence-electron chi connectivity index (χ0n) is 12.5. The van der Waals surface area contributed by atoms with Crippen molar-refractivity contribution in [2.45, 2.75) is 30.8 Å². The lowest BCUT2D eigenvalue weighted by Gasteiger charge is -2.16. The summed E-state index contributed by atoms with van der Waals surface area (Å²) in [5.74, 6) is 0. The average molecular weight is 320 g/mol. The third-order valence-corrected chi connectivity index (χ3v) is 5.68. The Morgan fingerprint density at radius 1 is 1.32 bits per heavy atom. The molecule has 1 aliphatic rings. The van der Waals surface area contributed by atoms with Gasteiger partial charge < -0.3 is 5.32 Å². The van der Waals surface area contributed by atoms with Gasteiger partial charge >= 0.3 is 0 Å². The van der Waals surface area contributed by atoms with Gasteiger partial charge in [-0.1, -0.05) is 18.2 Å². The van der Waals surface area contributed by atoms with Gasteiger partial charge in [-0.2, -0.15) is 9.40 Å². The van der Waals surface area contributed by atoms with Crippen LogP contribution < -0.4 is 5.32 Å². The first-order valence-corrected chi connectivity index (χ1v) is 8.88. The summed E-state index contributed by atoms with van der Waals surface area (Å²) >= 11 is 0. The second-order valence-corrected chi connectivity index (χ2v) is 7.33. The van der Waals surface area contributed by atoms with Crippen LogP contribution in [-0.4, -0.2) is 41.6 Å². The molecule has 0 amide bonds. The molecule has 1 aromatic carbocycles. The standard InChI is InChI=1S/C15H20N4O2S/c1-2-18-12-15(10-16-18)22(20,21)19-9-8-14(11-19)17-13-6-4-3-5-7-13/h3-7,10,12,14,17H,2,8-9,11H2,1H3. The van der Waals surface area contributed by atoms with Crippen molar-refractivity contribution >= 4 is 15.7 Å². The maximum absolute atomic E-state index is 12.6. The third kappa shape index (κ3) is 3.00. The molecule has 118 valence electrons. The van der Waals surface area contributed by atoms with Gasteiger partial charge in [0.15, 0.2) is 0 Å². The largest absolute Gasteiger partial charge is 0.381 e. The minimum absolute atomic E-state index is 0.137. The minimum atomic E-state index is -3.44. The fourth-order valence-electron chi connectivity index (χ4n) is 2.63. The van der Waals surface area contributed by atoms with Gasteiger partial charge in [0.05, 0.1) is 6.20 Å². The van der Waals surface area contributed by atoms with E-state index in [1.54, 1.807) is 10.9 Å². The van der Waals surface area contributed by atoms with Gasteiger partial charge in [0.25, 0.3) is 0 Å². The van der Waals surface area contributed by atoms with Gasteiger partial charge in [0, 0.05) is 37.6 Å². The van der Waals surface area contributed by atoms with Crippen molar-refractivity contribution in [1.82, 2.24) is 14.1 Å². The lowest BCUT2D eigenvalue weighted by Crippen LogP contribution is -2.31. The second kappa shape index (κ2) is 6.10. The lowest BCUT2D eigenvalue weighted by atomic mass is 10.2. The van der Waals surface area contributed by atoms with Crippen molar-refractivity contribution in [3.05, 3.63) is 42.7 Å². The quantitative estimate of drug-likeness (QED) is 0.912. The number of nitrogens with one attached hydrogen (secondary N) is 1. The number of anilines is 1. The van der Waals surface area contributed by atoms with Crippen molar-refractivity contribution in [3.8, 4) is 0 Å². The first-order chi connectivity index (χ1) is 10.6. The molecule has 0 spiro atoms. The number of aryl methyl sites for hydroxylation is 1. The van der Waals surface area contributed by atoms with E-state index in [2.05, 4.69) is 10.4 Å². The Kier molecular flexibility index (Phi) is 4.17. The predicted octanol–water partition coefficient (Wildman–Crippen LogP) is 1.78. The van der Waals surface area contributed by atoms with Crippen molar-refractivity contribution in [1.29, 1.82) is 0 Å². The zero-order chi connectivity index (χ0) is 15.6. The van der Waals surface area contributed by atoms with Crippen molar-refractivity contribution in [2.75, 3.05) is 18.4 Å². The van der Waals surface area contributed by atoms with Crippen LogP contribution in [-0.2, 0) is 16.6 Å². The number of hydrogen-bond acceptors (Lipinski definition) is 4. The van der Waals surface area contributed by atoms with Crippen LogP contribution in [0, 0.1) is 0 Å². The molecule has 1 aromatic heterocycles. The Bertz CT molecular complexity index is 727. The fraction of sp³-hybridized carbons (Fsp3) is 0.400. The lowest BCUT2D eigenvalue weighted by molar-refractivity contribution is 0.474. The summed E-state index contributed by atoms with van der Waals surface area (Å²) in [6, 6.07) is 10.0. The van der Waals surface area contributed by atoms with Crippen LogP contribution >= 0.6 is 0 Å². The molecule has 1 fully saturated rings. The summed E-state index contributed by atoms with van der Waals surface area (Å²) in [4.78, 5) is 0.273. The number of benzene rings is 1. The summed E-state index contributed by atoms with van der Waals surface area (Å²) in [7, 11) is -3.44. The van der Waals surface area contributed by atoms with E-state index in [0.717, 1.165) is 12.1 Å². The Labute approximate surface area is 130 Å². The zero-order valence-corrected chi connectivity index (χ0v) is 13.3. The van der Waals surface area contributed by atoms with E-state index in [4.69, 9.17) is 0 Å². The van der Waals surface area contributed by atoms with E-state index in [9.17, 15) is 8.42 Å². The molecule has 7 heteroatoms. The summed E-state index contributed by atoms with van der Waals surface area (Å²) in [6.45, 7) is 3.60. The van der Waals surface area contributed by atoms with Crippen LogP contribution in [0.25, 0.3) is 0 Å². The summed E-state index contributed by atoms with van der Waals surface area (Å²) in [5, 5.41) is 7.44. The number of sulfonamides is 1. The molecule has 6 nitrogen and oxygen atoms in total. The second-order valence-electron chi connectivity index (χ2n) is 5.39. The van der Waals surface area contributed by atoms with Crippen molar-refractivity contribution < 1.29 is 8.42 Å². The summed E-state index contributed by atoms with van der Waals surface area (Å²) < 4.78 is 28.4. The van der Waals surface area contributed by atoms with Crippen LogP contribution in [0.2, 0.25) is 0 Å². The van der Waals surface area contributed by atoms with E-state index in [-0.39, 0.29) is 10.9 Å². The molecule has 22 heavy (non-hydrogen) atoms. The van der Waals surface area contributed by atoms with Gasteiger partial charge in [-0.3, -0.25) is 4.68 Å². The van der Waals surface area contributed by atoms with Gasteiger partial charge in [0.2, 0.25) is 10.0 Å². The van der Waals surface area contributed by atoms with E-state index in [1.807, 2.05) is 37.3 Å². The maximum Gasteiger partial charge on any atom is 0.246 e. The smallest absolute Gasteiger partial charge is 0.246 e. The van der Waals surface area contributed by atoms with Gasteiger partial charge in [-0.25, -0.2) is 8.42 Å². The topological polar surface area (TPSA) is 67.2 Å². The summed E-state index contributed by atoms with van der Waals surface area (Å²) in [5.41, 5.74) is 1.02. The molecular weight excluding hydrogens is 300 g/mol. The van der Waals surface area contributed by atoms with Crippen LogP contribution in [0.15, 0.2) is 47.6 Å². The molecule has 0 aliphatic carbocycles. The Balaban J connectivity index is 1.69. The Morgan fingerprint density at radius 2 is 2.09 bits per heavy atom. The number of rotatable bonds is 5. The van der Waals surface area contributed by atoms with Crippen LogP contribution in [0.1, 0.15) is 13.3 Å². The Morgan fingerprint density at radius 3 is 2.77 bits per heavy atom. The first kappa shape index (κ1) is 15.1. The fourth-order valence-corrected chi connectivity index (χ4v) is 4.09. The molecule has 2 heterocycles. The number of hydrogen-bond donors (Lipinski definition) is 1. The Hall–Kier alpha value is -1.86.